The van der Waals surface area contributed by atoms with Crippen LogP contribution in [0.3, 0.4) is 0 Å². The lowest BCUT2D eigenvalue weighted by Gasteiger charge is -2.08. The van der Waals surface area contributed by atoms with Crippen molar-refractivity contribution in [2.45, 2.75) is 26.7 Å². The van der Waals surface area contributed by atoms with Gasteiger partial charge in [-0.05, 0) is 44.4 Å². The number of hydrogen-bond acceptors (Lipinski definition) is 3. The van der Waals surface area contributed by atoms with E-state index >= 15 is 0 Å². The van der Waals surface area contributed by atoms with Crippen molar-refractivity contribution in [2.75, 3.05) is 25.5 Å². The van der Waals surface area contributed by atoms with Gasteiger partial charge in [0.25, 0.3) is 5.91 Å². The molecule has 0 fully saturated rings. The zero-order valence-corrected chi connectivity index (χ0v) is 11.2. The summed E-state index contributed by atoms with van der Waals surface area (Å²) in [6.45, 7) is 6.05. The van der Waals surface area contributed by atoms with Crippen molar-refractivity contribution in [1.82, 2.24) is 5.32 Å². The van der Waals surface area contributed by atoms with Crippen LogP contribution in [-0.2, 0) is 4.74 Å². The maximum absolute atomic E-state index is 11.9. The van der Waals surface area contributed by atoms with Gasteiger partial charge in [0.15, 0.2) is 0 Å². The Bertz CT molecular complexity index is 391. The first-order valence-electron chi connectivity index (χ1n) is 6.37. The van der Waals surface area contributed by atoms with E-state index in [2.05, 4.69) is 5.32 Å². The lowest BCUT2D eigenvalue weighted by molar-refractivity contribution is 0.0949. The molecule has 1 rings (SSSR count). The maximum atomic E-state index is 11.9. The molecule has 4 nitrogen and oxygen atoms in total. The second kappa shape index (κ2) is 7.71. The minimum absolute atomic E-state index is 0.0591. The molecule has 1 aromatic carbocycles. The number of unbranched alkanes of at least 4 members (excludes halogenated alkanes) is 1. The standard InChI is InChI=1S/C14H22N2O2/c1-3-18-9-5-4-8-16-14(17)13-10-12(15)7-6-11(13)2/h6-7,10H,3-5,8-9,15H2,1-2H3,(H,16,17). The van der Waals surface area contributed by atoms with Gasteiger partial charge in [0.1, 0.15) is 0 Å². The lowest BCUT2D eigenvalue weighted by Crippen LogP contribution is -2.25. The molecule has 0 atom stereocenters. The topological polar surface area (TPSA) is 64.3 Å². The molecule has 0 aliphatic carbocycles. The molecule has 100 valence electrons. The number of anilines is 1. The number of ether oxygens (including phenoxy) is 1. The third-order valence-corrected chi connectivity index (χ3v) is 2.71. The van der Waals surface area contributed by atoms with Crippen molar-refractivity contribution in [3.8, 4) is 0 Å². The number of rotatable bonds is 7. The molecule has 0 heterocycles. The van der Waals surface area contributed by atoms with E-state index in [1.165, 1.54) is 0 Å². The molecule has 0 bridgehead atoms. The predicted molar refractivity (Wildman–Crippen MR) is 73.7 cm³/mol. The van der Waals surface area contributed by atoms with Crippen LogP contribution < -0.4 is 11.1 Å². The van der Waals surface area contributed by atoms with Crippen LogP contribution >= 0.6 is 0 Å². The van der Waals surface area contributed by atoms with E-state index in [1.54, 1.807) is 12.1 Å². The van der Waals surface area contributed by atoms with Gasteiger partial charge in [0.2, 0.25) is 0 Å². The molecular formula is C14H22N2O2. The zero-order chi connectivity index (χ0) is 13.4. The summed E-state index contributed by atoms with van der Waals surface area (Å²) in [4.78, 5) is 11.9. The third-order valence-electron chi connectivity index (χ3n) is 2.71. The highest BCUT2D eigenvalue weighted by molar-refractivity contribution is 5.96. The van der Waals surface area contributed by atoms with Crippen LogP contribution in [0.2, 0.25) is 0 Å². The van der Waals surface area contributed by atoms with Crippen LogP contribution in [0, 0.1) is 6.92 Å². The van der Waals surface area contributed by atoms with Crippen molar-refractivity contribution < 1.29 is 9.53 Å². The van der Waals surface area contributed by atoms with Gasteiger partial charge in [-0.1, -0.05) is 6.07 Å². The van der Waals surface area contributed by atoms with Gasteiger partial charge in [0, 0.05) is 31.0 Å². The average molecular weight is 250 g/mol. The van der Waals surface area contributed by atoms with Gasteiger partial charge in [0.05, 0.1) is 0 Å². The second-order valence-corrected chi connectivity index (χ2v) is 4.23. The number of benzene rings is 1. The third kappa shape index (κ3) is 4.75. The van der Waals surface area contributed by atoms with Crippen LogP contribution in [0.5, 0.6) is 0 Å². The van der Waals surface area contributed by atoms with Gasteiger partial charge in [-0.2, -0.15) is 0 Å². The maximum Gasteiger partial charge on any atom is 0.251 e. The first-order chi connectivity index (χ1) is 8.65. The molecule has 1 aromatic rings. The van der Waals surface area contributed by atoms with Gasteiger partial charge >= 0.3 is 0 Å². The fourth-order valence-electron chi connectivity index (χ4n) is 1.65. The molecule has 3 N–H and O–H groups in total. The summed E-state index contributed by atoms with van der Waals surface area (Å²) in [6.07, 6.45) is 1.89. The van der Waals surface area contributed by atoms with Crippen molar-refractivity contribution in [2.24, 2.45) is 0 Å². The number of nitrogens with one attached hydrogen (secondary N) is 1. The highest BCUT2D eigenvalue weighted by Gasteiger charge is 2.08. The normalized spacial score (nSPS) is 10.3. The van der Waals surface area contributed by atoms with Gasteiger partial charge < -0.3 is 15.8 Å². The summed E-state index contributed by atoms with van der Waals surface area (Å²) in [6, 6.07) is 5.37. The number of aryl methyl sites for hydroxylation is 1. The van der Waals surface area contributed by atoms with Crippen LogP contribution in [-0.4, -0.2) is 25.7 Å². The number of nitrogen functional groups attached to an aromatic ring is 1. The minimum atomic E-state index is -0.0591. The largest absolute Gasteiger partial charge is 0.399 e. The Balaban J connectivity index is 2.34. The molecule has 0 aliphatic rings. The first-order valence-corrected chi connectivity index (χ1v) is 6.37. The second-order valence-electron chi connectivity index (χ2n) is 4.23. The first kappa shape index (κ1) is 14.5. The number of nitrogens with two attached hydrogens (primary N) is 1. The van der Waals surface area contributed by atoms with Crippen molar-refractivity contribution in [1.29, 1.82) is 0 Å². The fourth-order valence-corrected chi connectivity index (χ4v) is 1.65. The summed E-state index contributed by atoms with van der Waals surface area (Å²) in [7, 11) is 0. The Morgan fingerprint density at radius 1 is 1.39 bits per heavy atom. The summed E-state index contributed by atoms with van der Waals surface area (Å²) in [5.41, 5.74) is 7.88. The van der Waals surface area contributed by atoms with E-state index < -0.39 is 0 Å². The highest BCUT2D eigenvalue weighted by Crippen LogP contribution is 2.12. The molecule has 0 unspecified atom stereocenters. The Kier molecular flexibility index (Phi) is 6.22. The summed E-state index contributed by atoms with van der Waals surface area (Å²) in [5.74, 6) is -0.0591. The number of amides is 1. The van der Waals surface area contributed by atoms with Crippen LogP contribution in [0.1, 0.15) is 35.7 Å². The molecular weight excluding hydrogens is 228 g/mol. The van der Waals surface area contributed by atoms with Crippen molar-refractivity contribution >= 4 is 11.6 Å². The number of carbonyl (C=O) groups excluding carboxylic acids is 1. The van der Waals surface area contributed by atoms with Crippen LogP contribution in [0.15, 0.2) is 18.2 Å². The van der Waals surface area contributed by atoms with E-state index in [1.807, 2.05) is 19.9 Å². The summed E-state index contributed by atoms with van der Waals surface area (Å²) < 4.78 is 5.23. The highest BCUT2D eigenvalue weighted by atomic mass is 16.5. The van der Waals surface area contributed by atoms with E-state index in [0.717, 1.165) is 31.6 Å². The Labute approximate surface area is 109 Å². The summed E-state index contributed by atoms with van der Waals surface area (Å²) >= 11 is 0. The molecule has 0 saturated heterocycles. The summed E-state index contributed by atoms with van der Waals surface area (Å²) in [5, 5.41) is 2.89. The van der Waals surface area contributed by atoms with E-state index in [9.17, 15) is 4.79 Å². The van der Waals surface area contributed by atoms with Crippen LogP contribution in [0.25, 0.3) is 0 Å². The molecule has 0 spiro atoms. The average Bonchev–Trinajstić information content (AvgIpc) is 2.36. The van der Waals surface area contributed by atoms with Gasteiger partial charge in [-0.25, -0.2) is 0 Å². The predicted octanol–water partition coefficient (Wildman–Crippen LogP) is 2.12. The Morgan fingerprint density at radius 2 is 2.17 bits per heavy atom. The Hall–Kier alpha value is -1.55. The zero-order valence-electron chi connectivity index (χ0n) is 11.2. The number of carbonyl (C=O) groups is 1. The molecule has 18 heavy (non-hydrogen) atoms. The molecule has 0 saturated carbocycles. The molecule has 0 aliphatic heterocycles. The van der Waals surface area contributed by atoms with E-state index in [4.69, 9.17) is 10.5 Å². The fraction of sp³-hybridized carbons (Fsp3) is 0.500. The Morgan fingerprint density at radius 3 is 2.89 bits per heavy atom. The van der Waals surface area contributed by atoms with E-state index in [-0.39, 0.29) is 5.91 Å². The quantitative estimate of drug-likeness (QED) is 0.575. The van der Waals surface area contributed by atoms with Crippen molar-refractivity contribution in [3.63, 3.8) is 0 Å². The van der Waals surface area contributed by atoms with Crippen LogP contribution in [0.4, 0.5) is 5.69 Å². The van der Waals surface area contributed by atoms with Crippen molar-refractivity contribution in [3.05, 3.63) is 29.3 Å². The smallest absolute Gasteiger partial charge is 0.251 e. The van der Waals surface area contributed by atoms with Gasteiger partial charge in [-0.15, -0.1) is 0 Å². The minimum Gasteiger partial charge on any atom is -0.399 e. The molecule has 0 aromatic heterocycles. The molecule has 4 heteroatoms. The molecule has 1 amide bonds. The number of hydrogen-bond donors (Lipinski definition) is 2. The van der Waals surface area contributed by atoms with Gasteiger partial charge in [-0.3, -0.25) is 4.79 Å². The monoisotopic (exact) mass is 250 g/mol. The molecule has 0 radical (unpaired) electrons. The lowest BCUT2D eigenvalue weighted by atomic mass is 10.1. The van der Waals surface area contributed by atoms with E-state index in [0.29, 0.717) is 17.8 Å². The SMILES string of the molecule is CCOCCCCNC(=O)c1cc(N)ccc1C.